The fourth-order valence-electron chi connectivity index (χ4n) is 2.10. The van der Waals surface area contributed by atoms with Gasteiger partial charge in [0.05, 0.1) is 0 Å². The van der Waals surface area contributed by atoms with Crippen LogP contribution in [0.15, 0.2) is 38.6 Å². The summed E-state index contributed by atoms with van der Waals surface area (Å²) in [5.41, 5.74) is 2.64. The largest absolute Gasteiger partial charge is 0.310 e. The van der Waals surface area contributed by atoms with Crippen molar-refractivity contribution in [3.05, 3.63) is 54.6 Å². The van der Waals surface area contributed by atoms with Crippen LogP contribution in [-0.4, -0.2) is 6.54 Å². The lowest BCUT2D eigenvalue weighted by molar-refractivity contribution is 0.553. The monoisotopic (exact) mass is 401 g/mol. The van der Waals surface area contributed by atoms with Crippen LogP contribution in [0.4, 0.5) is 0 Å². The van der Waals surface area contributed by atoms with Crippen molar-refractivity contribution in [1.82, 2.24) is 5.32 Å². The zero-order valence-corrected chi connectivity index (χ0v) is 15.0. The minimum absolute atomic E-state index is 0.377. The third-order valence-electron chi connectivity index (χ3n) is 3.06. The van der Waals surface area contributed by atoms with E-state index >= 15 is 0 Å². The molecule has 1 aromatic heterocycles. The van der Waals surface area contributed by atoms with Crippen molar-refractivity contribution in [1.29, 1.82) is 0 Å². The molecule has 2 aromatic rings. The fourth-order valence-corrected chi connectivity index (χ4v) is 3.85. The Morgan fingerprint density at radius 1 is 1.26 bits per heavy atom. The third-order valence-corrected chi connectivity index (χ3v) is 5.67. The van der Waals surface area contributed by atoms with E-state index in [1.54, 1.807) is 0 Å². The average Bonchev–Trinajstić information content (AvgIpc) is 2.78. The summed E-state index contributed by atoms with van der Waals surface area (Å²) < 4.78 is 2.35. The molecule has 0 radical (unpaired) electrons. The van der Waals surface area contributed by atoms with Gasteiger partial charge >= 0.3 is 0 Å². The maximum atomic E-state index is 3.58. The van der Waals surface area contributed by atoms with Gasteiger partial charge in [0.25, 0.3) is 0 Å². The molecule has 1 heterocycles. The van der Waals surface area contributed by atoms with E-state index in [0.717, 1.165) is 13.0 Å². The third kappa shape index (κ3) is 4.15. The van der Waals surface area contributed by atoms with Crippen molar-refractivity contribution < 1.29 is 0 Å². The lowest BCUT2D eigenvalue weighted by atomic mass is 10.0. The average molecular weight is 403 g/mol. The lowest BCUT2D eigenvalue weighted by Crippen LogP contribution is -2.22. The summed E-state index contributed by atoms with van der Waals surface area (Å²) >= 11 is 8.89. The van der Waals surface area contributed by atoms with Crippen LogP contribution in [0.1, 0.15) is 29.0 Å². The van der Waals surface area contributed by atoms with Crippen molar-refractivity contribution in [2.45, 2.75) is 26.3 Å². The highest BCUT2D eigenvalue weighted by molar-refractivity contribution is 9.10. The number of nitrogens with one attached hydrogen (secondary N) is 1. The molecule has 4 heteroatoms. The molecule has 0 aliphatic carbocycles. The SMILES string of the molecule is CCNC(Cc1cc(Br)cs1)c1ccc(Br)c(C)c1. The van der Waals surface area contributed by atoms with Gasteiger partial charge in [-0.15, -0.1) is 11.3 Å². The summed E-state index contributed by atoms with van der Waals surface area (Å²) in [6.45, 7) is 5.27. The van der Waals surface area contributed by atoms with Gasteiger partial charge in [0, 0.05) is 31.7 Å². The Morgan fingerprint density at radius 3 is 2.63 bits per heavy atom. The summed E-state index contributed by atoms with van der Waals surface area (Å²) in [6.07, 6.45) is 1.03. The second-order valence-corrected chi connectivity index (χ2v) is 7.32. The smallest absolute Gasteiger partial charge is 0.0368 e. The topological polar surface area (TPSA) is 12.0 Å². The summed E-state index contributed by atoms with van der Waals surface area (Å²) in [5, 5.41) is 5.72. The maximum absolute atomic E-state index is 3.58. The Balaban J connectivity index is 2.21. The first-order chi connectivity index (χ1) is 9.10. The number of hydrogen-bond acceptors (Lipinski definition) is 2. The van der Waals surface area contributed by atoms with Crippen LogP contribution in [-0.2, 0) is 6.42 Å². The molecule has 1 N–H and O–H groups in total. The van der Waals surface area contributed by atoms with Crippen molar-refractivity contribution in [2.75, 3.05) is 6.54 Å². The van der Waals surface area contributed by atoms with E-state index in [1.165, 1.54) is 24.9 Å². The van der Waals surface area contributed by atoms with Gasteiger partial charge in [-0.3, -0.25) is 0 Å². The van der Waals surface area contributed by atoms with Gasteiger partial charge in [-0.25, -0.2) is 0 Å². The highest BCUT2D eigenvalue weighted by atomic mass is 79.9. The molecule has 2 rings (SSSR count). The van der Waals surface area contributed by atoms with Crippen LogP contribution in [0.25, 0.3) is 0 Å². The zero-order valence-electron chi connectivity index (χ0n) is 11.0. The van der Waals surface area contributed by atoms with Crippen LogP contribution >= 0.6 is 43.2 Å². The molecule has 1 aromatic carbocycles. The van der Waals surface area contributed by atoms with Crippen LogP contribution in [0, 0.1) is 6.92 Å². The number of benzene rings is 1. The first-order valence-electron chi connectivity index (χ1n) is 6.32. The molecule has 1 nitrogen and oxygen atoms in total. The zero-order chi connectivity index (χ0) is 13.8. The molecule has 1 unspecified atom stereocenters. The standard InChI is InChI=1S/C15H17Br2NS/c1-3-18-15(8-13-7-12(16)9-19-13)11-4-5-14(17)10(2)6-11/h4-7,9,15,18H,3,8H2,1-2H3. The maximum Gasteiger partial charge on any atom is 0.0368 e. The molecule has 0 saturated carbocycles. The van der Waals surface area contributed by atoms with E-state index in [-0.39, 0.29) is 0 Å². The van der Waals surface area contributed by atoms with E-state index in [2.05, 4.69) is 80.7 Å². The first kappa shape index (κ1) is 15.2. The van der Waals surface area contributed by atoms with Crippen molar-refractivity contribution in [2.24, 2.45) is 0 Å². The van der Waals surface area contributed by atoms with Crippen LogP contribution in [0.3, 0.4) is 0 Å². The molecule has 0 fully saturated rings. The number of aryl methyl sites for hydroxylation is 1. The summed E-state index contributed by atoms with van der Waals surface area (Å²) in [5.74, 6) is 0. The lowest BCUT2D eigenvalue weighted by Gasteiger charge is -2.18. The second-order valence-electron chi connectivity index (χ2n) is 4.55. The molecule has 0 aliphatic heterocycles. The molecule has 1 atom stereocenters. The molecule has 19 heavy (non-hydrogen) atoms. The fraction of sp³-hybridized carbons (Fsp3) is 0.333. The number of thiophene rings is 1. The molecule has 0 spiro atoms. The molecular formula is C15H17Br2NS. The predicted molar refractivity (Wildman–Crippen MR) is 91.0 cm³/mol. The summed E-state index contributed by atoms with van der Waals surface area (Å²) in [7, 11) is 0. The van der Waals surface area contributed by atoms with E-state index in [0.29, 0.717) is 6.04 Å². The van der Waals surface area contributed by atoms with Crippen LogP contribution in [0.2, 0.25) is 0 Å². The Kier molecular flexibility index (Phi) is 5.63. The van der Waals surface area contributed by atoms with Gasteiger partial charge in [0.15, 0.2) is 0 Å². The Labute approximate surface area is 135 Å². The van der Waals surface area contributed by atoms with Crippen molar-refractivity contribution in [3.8, 4) is 0 Å². The van der Waals surface area contributed by atoms with E-state index in [4.69, 9.17) is 0 Å². The molecule has 0 bridgehead atoms. The number of halogens is 2. The number of hydrogen-bond donors (Lipinski definition) is 1. The second kappa shape index (κ2) is 7.02. The van der Waals surface area contributed by atoms with E-state index < -0.39 is 0 Å². The highest BCUT2D eigenvalue weighted by Crippen LogP contribution is 2.27. The molecular weight excluding hydrogens is 386 g/mol. The minimum Gasteiger partial charge on any atom is -0.310 e. The molecule has 0 amide bonds. The van der Waals surface area contributed by atoms with Gasteiger partial charge in [-0.05, 0) is 52.7 Å². The molecule has 102 valence electrons. The van der Waals surface area contributed by atoms with Crippen molar-refractivity contribution in [3.63, 3.8) is 0 Å². The molecule has 0 saturated heterocycles. The first-order valence-corrected chi connectivity index (χ1v) is 8.79. The quantitative estimate of drug-likeness (QED) is 0.698. The van der Waals surface area contributed by atoms with Crippen molar-refractivity contribution >= 4 is 43.2 Å². The minimum atomic E-state index is 0.377. The van der Waals surface area contributed by atoms with Gasteiger partial charge in [-0.2, -0.15) is 0 Å². The van der Waals surface area contributed by atoms with Gasteiger partial charge < -0.3 is 5.32 Å². The van der Waals surface area contributed by atoms with E-state index in [9.17, 15) is 0 Å². The Bertz CT molecular complexity index is 551. The predicted octanol–water partition coefficient (Wildman–Crippen LogP) is 5.47. The Hall–Kier alpha value is -0.160. The van der Waals surface area contributed by atoms with Gasteiger partial charge in [-0.1, -0.05) is 35.0 Å². The van der Waals surface area contributed by atoms with E-state index in [1.807, 2.05) is 11.3 Å². The normalized spacial score (nSPS) is 12.6. The van der Waals surface area contributed by atoms with Crippen LogP contribution < -0.4 is 5.32 Å². The molecule has 0 aliphatic rings. The number of likely N-dealkylation sites (N-methyl/N-ethyl adjacent to an activating group) is 1. The Morgan fingerprint density at radius 2 is 2.05 bits per heavy atom. The van der Waals surface area contributed by atoms with Gasteiger partial charge in [0.1, 0.15) is 0 Å². The number of rotatable bonds is 5. The van der Waals surface area contributed by atoms with Gasteiger partial charge in [0.2, 0.25) is 0 Å². The summed E-state index contributed by atoms with van der Waals surface area (Å²) in [6, 6.07) is 9.19. The highest BCUT2D eigenvalue weighted by Gasteiger charge is 2.13. The van der Waals surface area contributed by atoms with Crippen LogP contribution in [0.5, 0.6) is 0 Å². The summed E-state index contributed by atoms with van der Waals surface area (Å²) in [4.78, 5) is 1.40.